The van der Waals surface area contributed by atoms with Crippen LogP contribution in [-0.2, 0) is 6.54 Å². The molecular weight excluding hydrogens is 430 g/mol. The van der Waals surface area contributed by atoms with Gasteiger partial charge in [-0.15, -0.1) is 12.4 Å². The molecule has 0 aliphatic heterocycles. The fourth-order valence-electron chi connectivity index (χ4n) is 3.30. The van der Waals surface area contributed by atoms with E-state index in [1.807, 2.05) is 19.9 Å². The summed E-state index contributed by atoms with van der Waals surface area (Å²) in [5.74, 6) is 0.575. The summed E-state index contributed by atoms with van der Waals surface area (Å²) in [7, 11) is 0. The number of anilines is 1. The third-order valence-corrected chi connectivity index (χ3v) is 4.75. The SMILES string of the molecule is Cc1cc(CN)cc(Oc2cccc(C(=O)Nc3ccc4c(C)cc(=O)oc4c3)c2)n1.Cl. The van der Waals surface area contributed by atoms with Gasteiger partial charge in [0.15, 0.2) is 0 Å². The number of fused-ring (bicyclic) bond motifs is 1. The molecule has 0 aliphatic rings. The van der Waals surface area contributed by atoms with E-state index in [1.54, 1.807) is 48.5 Å². The molecule has 2 aromatic heterocycles. The van der Waals surface area contributed by atoms with Gasteiger partial charge >= 0.3 is 5.63 Å². The molecular formula is C24H22ClN3O4. The number of halogens is 1. The molecule has 0 spiro atoms. The van der Waals surface area contributed by atoms with Crippen molar-refractivity contribution in [2.75, 3.05) is 5.32 Å². The Morgan fingerprint density at radius 1 is 1.09 bits per heavy atom. The van der Waals surface area contributed by atoms with Crippen LogP contribution in [0.4, 0.5) is 5.69 Å². The maximum atomic E-state index is 12.8. The normalized spacial score (nSPS) is 10.5. The number of amides is 1. The van der Waals surface area contributed by atoms with Crippen molar-refractivity contribution in [2.24, 2.45) is 5.73 Å². The van der Waals surface area contributed by atoms with E-state index in [0.717, 1.165) is 22.2 Å². The lowest BCUT2D eigenvalue weighted by Gasteiger charge is -2.10. The van der Waals surface area contributed by atoms with Crippen LogP contribution in [0.25, 0.3) is 11.0 Å². The van der Waals surface area contributed by atoms with Gasteiger partial charge in [0.05, 0.1) is 0 Å². The predicted molar refractivity (Wildman–Crippen MR) is 126 cm³/mol. The van der Waals surface area contributed by atoms with E-state index in [4.69, 9.17) is 14.9 Å². The number of hydrogen-bond donors (Lipinski definition) is 2. The van der Waals surface area contributed by atoms with Crippen LogP contribution in [-0.4, -0.2) is 10.9 Å². The fraction of sp³-hybridized carbons (Fsp3) is 0.125. The third-order valence-electron chi connectivity index (χ3n) is 4.75. The molecule has 0 radical (unpaired) electrons. The quantitative estimate of drug-likeness (QED) is 0.425. The van der Waals surface area contributed by atoms with Gasteiger partial charge < -0.3 is 20.2 Å². The molecule has 8 heteroatoms. The van der Waals surface area contributed by atoms with E-state index in [9.17, 15) is 9.59 Å². The van der Waals surface area contributed by atoms with Crippen LogP contribution in [0.5, 0.6) is 11.6 Å². The Bertz CT molecular complexity index is 1350. The largest absolute Gasteiger partial charge is 0.439 e. The Hall–Kier alpha value is -3.68. The summed E-state index contributed by atoms with van der Waals surface area (Å²) in [5, 5.41) is 3.63. The summed E-state index contributed by atoms with van der Waals surface area (Å²) >= 11 is 0. The molecule has 0 saturated heterocycles. The van der Waals surface area contributed by atoms with Crippen molar-refractivity contribution in [3.63, 3.8) is 0 Å². The second-order valence-corrected chi connectivity index (χ2v) is 7.20. The standard InChI is InChI=1S/C24H21N3O4.ClH/c1-14-8-23(28)31-21-12-18(6-7-20(14)21)27-24(29)17-4-3-5-19(11-17)30-22-10-16(13-25)9-15(2)26-22;/h3-12H,13,25H2,1-2H3,(H,27,29);1H. The number of rotatable bonds is 5. The van der Waals surface area contributed by atoms with Crippen molar-refractivity contribution in [3.05, 3.63) is 93.5 Å². The van der Waals surface area contributed by atoms with Gasteiger partial charge in [-0.1, -0.05) is 6.07 Å². The van der Waals surface area contributed by atoms with Gasteiger partial charge in [0, 0.05) is 47.1 Å². The predicted octanol–water partition coefficient (Wildman–Crippen LogP) is 4.73. The Balaban J connectivity index is 0.00000289. The number of nitrogens with one attached hydrogen (secondary N) is 1. The highest BCUT2D eigenvalue weighted by Gasteiger charge is 2.10. The summed E-state index contributed by atoms with van der Waals surface area (Å²) in [5.41, 5.74) is 9.15. The van der Waals surface area contributed by atoms with Crippen LogP contribution < -0.4 is 21.4 Å². The summed E-state index contributed by atoms with van der Waals surface area (Å²) in [4.78, 5) is 28.7. The van der Waals surface area contributed by atoms with Gasteiger partial charge in [-0.05, 0) is 61.4 Å². The maximum Gasteiger partial charge on any atom is 0.336 e. The van der Waals surface area contributed by atoms with E-state index in [0.29, 0.717) is 35.0 Å². The van der Waals surface area contributed by atoms with E-state index in [-0.39, 0.29) is 18.3 Å². The van der Waals surface area contributed by atoms with Crippen molar-refractivity contribution >= 4 is 35.0 Å². The van der Waals surface area contributed by atoms with Crippen LogP contribution in [0.2, 0.25) is 0 Å². The van der Waals surface area contributed by atoms with Gasteiger partial charge in [-0.2, -0.15) is 0 Å². The number of ether oxygens (including phenoxy) is 1. The number of benzene rings is 2. The molecule has 1 amide bonds. The molecule has 0 bridgehead atoms. The second kappa shape index (κ2) is 9.64. The second-order valence-electron chi connectivity index (χ2n) is 7.20. The summed E-state index contributed by atoms with van der Waals surface area (Å²) in [6.07, 6.45) is 0. The minimum atomic E-state index is -0.430. The number of aromatic nitrogens is 1. The molecule has 4 aromatic rings. The number of carbonyl (C=O) groups excluding carboxylic acids is 1. The summed E-state index contributed by atoms with van der Waals surface area (Å²) in [6, 6.07) is 17.1. The topological polar surface area (TPSA) is 107 Å². The molecule has 32 heavy (non-hydrogen) atoms. The minimum Gasteiger partial charge on any atom is -0.439 e. The van der Waals surface area contributed by atoms with Crippen molar-refractivity contribution in [2.45, 2.75) is 20.4 Å². The maximum absolute atomic E-state index is 12.8. The molecule has 0 aliphatic carbocycles. The van der Waals surface area contributed by atoms with Gasteiger partial charge in [0.2, 0.25) is 5.88 Å². The number of hydrogen-bond acceptors (Lipinski definition) is 6. The minimum absolute atomic E-state index is 0. The van der Waals surface area contributed by atoms with Gasteiger partial charge in [-0.3, -0.25) is 4.79 Å². The first-order chi connectivity index (χ1) is 14.9. The monoisotopic (exact) mass is 451 g/mol. The van der Waals surface area contributed by atoms with Gasteiger partial charge in [-0.25, -0.2) is 9.78 Å². The van der Waals surface area contributed by atoms with E-state index < -0.39 is 5.63 Å². The molecule has 0 atom stereocenters. The molecule has 0 unspecified atom stereocenters. The van der Waals surface area contributed by atoms with Crippen molar-refractivity contribution in [1.82, 2.24) is 4.98 Å². The number of carbonyl (C=O) groups is 1. The number of aryl methyl sites for hydroxylation is 2. The third kappa shape index (κ3) is 5.14. The first-order valence-corrected chi connectivity index (χ1v) is 9.73. The van der Waals surface area contributed by atoms with Crippen molar-refractivity contribution < 1.29 is 13.9 Å². The fourth-order valence-corrected chi connectivity index (χ4v) is 3.30. The van der Waals surface area contributed by atoms with Crippen LogP contribution in [0.1, 0.15) is 27.2 Å². The molecule has 0 saturated carbocycles. The lowest BCUT2D eigenvalue weighted by Crippen LogP contribution is -2.12. The smallest absolute Gasteiger partial charge is 0.336 e. The highest BCUT2D eigenvalue weighted by Crippen LogP contribution is 2.24. The highest BCUT2D eigenvalue weighted by atomic mass is 35.5. The first-order valence-electron chi connectivity index (χ1n) is 9.73. The zero-order valence-electron chi connectivity index (χ0n) is 17.5. The number of nitrogens with two attached hydrogens (primary N) is 1. The molecule has 7 nitrogen and oxygen atoms in total. The van der Waals surface area contributed by atoms with Crippen molar-refractivity contribution in [1.29, 1.82) is 0 Å². The zero-order chi connectivity index (χ0) is 22.0. The Morgan fingerprint density at radius 2 is 1.91 bits per heavy atom. The van der Waals surface area contributed by atoms with Crippen LogP contribution >= 0.6 is 12.4 Å². The van der Waals surface area contributed by atoms with Crippen molar-refractivity contribution in [3.8, 4) is 11.6 Å². The van der Waals surface area contributed by atoms with Gasteiger partial charge in [0.1, 0.15) is 11.3 Å². The molecule has 3 N–H and O–H groups in total. The Kier molecular flexibility index (Phi) is 6.92. The zero-order valence-corrected chi connectivity index (χ0v) is 18.4. The van der Waals surface area contributed by atoms with Crippen LogP contribution in [0.15, 0.2) is 69.9 Å². The molecule has 2 heterocycles. The lowest BCUT2D eigenvalue weighted by atomic mass is 10.1. The number of nitrogens with zero attached hydrogens (tertiary/aromatic N) is 1. The van der Waals surface area contributed by atoms with E-state index in [1.165, 1.54) is 6.07 Å². The molecule has 164 valence electrons. The summed E-state index contributed by atoms with van der Waals surface area (Å²) in [6.45, 7) is 4.08. The Labute approximate surface area is 190 Å². The average Bonchev–Trinajstić information content (AvgIpc) is 2.73. The highest BCUT2D eigenvalue weighted by molar-refractivity contribution is 6.05. The number of pyridine rings is 1. The summed E-state index contributed by atoms with van der Waals surface area (Å²) < 4.78 is 11.1. The average molecular weight is 452 g/mol. The van der Waals surface area contributed by atoms with E-state index >= 15 is 0 Å². The van der Waals surface area contributed by atoms with E-state index in [2.05, 4.69) is 10.3 Å². The molecule has 0 fully saturated rings. The Morgan fingerprint density at radius 3 is 2.69 bits per heavy atom. The lowest BCUT2D eigenvalue weighted by molar-refractivity contribution is 0.102. The molecule has 2 aromatic carbocycles. The van der Waals surface area contributed by atoms with Gasteiger partial charge in [0.25, 0.3) is 5.91 Å². The first kappa shape index (κ1) is 23.0. The van der Waals surface area contributed by atoms with Crippen LogP contribution in [0, 0.1) is 13.8 Å². The van der Waals surface area contributed by atoms with Crippen LogP contribution in [0.3, 0.4) is 0 Å². The molecule has 4 rings (SSSR count).